The molecule has 0 aliphatic heterocycles. The average Bonchev–Trinajstić information content (AvgIpc) is 2.25. The molecule has 0 fully saturated rings. The molecule has 0 unspecified atom stereocenters. The van der Waals surface area contributed by atoms with Crippen LogP contribution in [-0.4, -0.2) is 24.3 Å². The summed E-state index contributed by atoms with van der Waals surface area (Å²) >= 11 is 5.45. The summed E-state index contributed by atoms with van der Waals surface area (Å²) in [6.07, 6.45) is 7.33. The third-order valence-electron chi connectivity index (χ3n) is 2.38. The van der Waals surface area contributed by atoms with Crippen molar-refractivity contribution in [2.24, 2.45) is 5.73 Å². The molecule has 1 aromatic rings. The van der Waals surface area contributed by atoms with Crippen LogP contribution in [0.5, 0.6) is 0 Å². The van der Waals surface area contributed by atoms with Crippen LogP contribution in [0.4, 0.5) is 0 Å². The summed E-state index contributed by atoms with van der Waals surface area (Å²) in [7, 11) is 0. The molecule has 1 rings (SSSR count). The Kier molecular flexibility index (Phi) is 5.77. The summed E-state index contributed by atoms with van der Waals surface area (Å²) < 4.78 is 0. The van der Waals surface area contributed by atoms with Crippen LogP contribution in [0, 0.1) is 0 Å². The molecule has 0 aliphatic carbocycles. The lowest BCUT2D eigenvalue weighted by molar-refractivity contribution is 0.515. The van der Waals surface area contributed by atoms with Gasteiger partial charge in [-0.15, -0.1) is 35.3 Å². The highest BCUT2D eigenvalue weighted by atomic mass is 32.2. The molecule has 0 aromatic heterocycles. The van der Waals surface area contributed by atoms with Gasteiger partial charge in [-0.3, -0.25) is 0 Å². The predicted octanol–water partition coefficient (Wildman–Crippen LogP) is 4.13. The minimum absolute atomic E-state index is 0.147. The van der Waals surface area contributed by atoms with Crippen LogP contribution in [-0.2, 0) is 6.42 Å². The van der Waals surface area contributed by atoms with Crippen molar-refractivity contribution < 1.29 is 0 Å². The summed E-state index contributed by atoms with van der Waals surface area (Å²) in [6, 6.07) is 4.57. The Morgan fingerprint density at radius 2 is 1.47 bits per heavy atom. The van der Waals surface area contributed by atoms with Crippen LogP contribution < -0.4 is 5.73 Å². The smallest absolute Gasteiger partial charge is 0.0341 e. The Morgan fingerprint density at radius 1 is 1.00 bits per heavy atom. The molecule has 4 heteroatoms. The normalized spacial score (nSPS) is 11.9. The average molecular weight is 288 g/mol. The summed E-state index contributed by atoms with van der Waals surface area (Å²) in [5, 5.41) is 0. The Labute approximate surface area is 118 Å². The third-order valence-corrected chi connectivity index (χ3v) is 5.01. The van der Waals surface area contributed by atoms with E-state index in [-0.39, 0.29) is 5.54 Å². The van der Waals surface area contributed by atoms with Crippen molar-refractivity contribution in [1.29, 1.82) is 0 Å². The van der Waals surface area contributed by atoms with Crippen molar-refractivity contribution in [3.05, 3.63) is 17.7 Å². The third kappa shape index (κ3) is 4.43. The standard InChI is InChI=1S/C13H21NS3/c1-13(2,14)8-9-6-10(15-3)12(17-5)11(7-9)16-4/h6-7H,8,14H2,1-5H3. The minimum atomic E-state index is -0.147. The second kappa shape index (κ2) is 6.41. The molecular formula is C13H21NS3. The fourth-order valence-electron chi connectivity index (χ4n) is 1.76. The Bertz CT molecular complexity index is 358. The lowest BCUT2D eigenvalue weighted by Crippen LogP contribution is -2.34. The van der Waals surface area contributed by atoms with E-state index in [1.165, 1.54) is 20.2 Å². The first-order valence-corrected chi connectivity index (χ1v) is 9.16. The second-order valence-electron chi connectivity index (χ2n) is 4.70. The van der Waals surface area contributed by atoms with Crippen LogP contribution in [0.1, 0.15) is 19.4 Å². The van der Waals surface area contributed by atoms with E-state index in [4.69, 9.17) is 5.73 Å². The largest absolute Gasteiger partial charge is 0.325 e. The van der Waals surface area contributed by atoms with Crippen molar-refractivity contribution in [2.75, 3.05) is 18.8 Å². The highest BCUT2D eigenvalue weighted by Crippen LogP contribution is 2.37. The Hall–Kier alpha value is 0.230. The zero-order valence-corrected chi connectivity index (χ0v) is 13.6. The first-order valence-electron chi connectivity index (χ1n) is 5.49. The lowest BCUT2D eigenvalue weighted by atomic mass is 9.96. The van der Waals surface area contributed by atoms with E-state index in [0.29, 0.717) is 0 Å². The van der Waals surface area contributed by atoms with Crippen LogP contribution in [0.25, 0.3) is 0 Å². The summed E-state index contributed by atoms with van der Waals surface area (Å²) in [6.45, 7) is 4.15. The van der Waals surface area contributed by atoms with Gasteiger partial charge in [0.15, 0.2) is 0 Å². The molecule has 0 heterocycles. The molecule has 0 saturated carbocycles. The first-order chi connectivity index (χ1) is 7.91. The molecule has 1 nitrogen and oxygen atoms in total. The first kappa shape index (κ1) is 15.3. The van der Waals surface area contributed by atoms with E-state index in [0.717, 1.165) is 6.42 Å². The fourth-order valence-corrected chi connectivity index (χ4v) is 4.48. The van der Waals surface area contributed by atoms with E-state index in [1.54, 1.807) is 0 Å². The van der Waals surface area contributed by atoms with Gasteiger partial charge in [0.1, 0.15) is 0 Å². The van der Waals surface area contributed by atoms with Gasteiger partial charge >= 0.3 is 0 Å². The molecule has 17 heavy (non-hydrogen) atoms. The second-order valence-corrected chi connectivity index (χ2v) is 7.21. The molecule has 2 N–H and O–H groups in total. The van der Waals surface area contributed by atoms with Crippen molar-refractivity contribution in [3.63, 3.8) is 0 Å². The van der Waals surface area contributed by atoms with E-state index in [9.17, 15) is 0 Å². The highest BCUT2D eigenvalue weighted by Gasteiger charge is 2.15. The van der Waals surface area contributed by atoms with Crippen LogP contribution in [0.3, 0.4) is 0 Å². The van der Waals surface area contributed by atoms with Crippen LogP contribution >= 0.6 is 35.3 Å². The predicted molar refractivity (Wildman–Crippen MR) is 83.8 cm³/mol. The molecule has 0 atom stereocenters. The molecule has 0 aliphatic rings. The SMILES string of the molecule is CSc1cc(CC(C)(C)N)cc(SC)c1SC. The van der Waals surface area contributed by atoms with Gasteiger partial charge < -0.3 is 5.73 Å². The molecule has 1 aromatic carbocycles. The van der Waals surface area contributed by atoms with Gasteiger partial charge in [-0.1, -0.05) is 0 Å². The molecule has 0 saturated heterocycles. The van der Waals surface area contributed by atoms with E-state index < -0.39 is 0 Å². The topological polar surface area (TPSA) is 26.0 Å². The van der Waals surface area contributed by atoms with Gasteiger partial charge in [0.25, 0.3) is 0 Å². The van der Waals surface area contributed by atoms with Crippen LogP contribution in [0.2, 0.25) is 0 Å². The van der Waals surface area contributed by atoms with Crippen molar-refractivity contribution in [1.82, 2.24) is 0 Å². The van der Waals surface area contributed by atoms with Crippen molar-refractivity contribution >= 4 is 35.3 Å². The number of benzene rings is 1. The molecule has 0 radical (unpaired) electrons. The summed E-state index contributed by atoms with van der Waals surface area (Å²) in [5.41, 5.74) is 7.29. The fraction of sp³-hybridized carbons (Fsp3) is 0.538. The minimum Gasteiger partial charge on any atom is -0.325 e. The van der Waals surface area contributed by atoms with E-state index in [1.807, 2.05) is 35.3 Å². The van der Waals surface area contributed by atoms with E-state index >= 15 is 0 Å². The van der Waals surface area contributed by atoms with Gasteiger partial charge in [0.2, 0.25) is 0 Å². The van der Waals surface area contributed by atoms with Gasteiger partial charge in [0.05, 0.1) is 0 Å². The van der Waals surface area contributed by atoms with Gasteiger partial charge in [0, 0.05) is 20.2 Å². The molecular weight excluding hydrogens is 266 g/mol. The van der Waals surface area contributed by atoms with E-state index in [2.05, 4.69) is 44.7 Å². The monoisotopic (exact) mass is 287 g/mol. The number of nitrogens with two attached hydrogens (primary N) is 1. The van der Waals surface area contributed by atoms with Crippen molar-refractivity contribution in [3.8, 4) is 0 Å². The summed E-state index contributed by atoms with van der Waals surface area (Å²) in [5.74, 6) is 0. The number of hydrogen-bond donors (Lipinski definition) is 1. The maximum atomic E-state index is 6.10. The van der Waals surface area contributed by atoms with Gasteiger partial charge in [-0.05, 0) is 56.7 Å². The van der Waals surface area contributed by atoms with Crippen LogP contribution in [0.15, 0.2) is 26.8 Å². The molecule has 96 valence electrons. The highest BCUT2D eigenvalue weighted by molar-refractivity contribution is 8.03. The Balaban J connectivity index is 3.18. The zero-order chi connectivity index (χ0) is 13.1. The maximum absolute atomic E-state index is 6.10. The number of thioether (sulfide) groups is 3. The quantitative estimate of drug-likeness (QED) is 0.824. The Morgan fingerprint density at radius 3 is 1.76 bits per heavy atom. The number of rotatable bonds is 5. The van der Waals surface area contributed by atoms with Crippen molar-refractivity contribution in [2.45, 2.75) is 40.5 Å². The number of hydrogen-bond acceptors (Lipinski definition) is 4. The molecule has 0 spiro atoms. The lowest BCUT2D eigenvalue weighted by Gasteiger charge is -2.20. The zero-order valence-electron chi connectivity index (χ0n) is 11.2. The van der Waals surface area contributed by atoms with Gasteiger partial charge in [-0.25, -0.2) is 0 Å². The molecule has 0 bridgehead atoms. The maximum Gasteiger partial charge on any atom is 0.0341 e. The summed E-state index contributed by atoms with van der Waals surface area (Å²) in [4.78, 5) is 4.12. The van der Waals surface area contributed by atoms with Gasteiger partial charge in [-0.2, -0.15) is 0 Å². The molecule has 0 amide bonds.